The first-order chi connectivity index (χ1) is 10.7. The SMILES string of the molecule is C=CCOC(C)C1CCC(C2CCC(CCCC)CC2)CC1. The Bertz CT molecular complexity index is 295. The van der Waals surface area contributed by atoms with Gasteiger partial charge in [-0.15, -0.1) is 6.58 Å². The Morgan fingerprint density at radius 1 is 1.00 bits per heavy atom. The van der Waals surface area contributed by atoms with Gasteiger partial charge in [-0.2, -0.15) is 0 Å². The summed E-state index contributed by atoms with van der Waals surface area (Å²) in [6.07, 6.45) is 18.4. The van der Waals surface area contributed by atoms with Gasteiger partial charge in [-0.1, -0.05) is 45.1 Å². The van der Waals surface area contributed by atoms with Crippen LogP contribution >= 0.6 is 0 Å². The zero-order chi connectivity index (χ0) is 15.8. The first-order valence-electron chi connectivity index (χ1n) is 9.97. The Kier molecular flexibility index (Phi) is 8.00. The van der Waals surface area contributed by atoms with Gasteiger partial charge in [0.15, 0.2) is 0 Å². The van der Waals surface area contributed by atoms with Crippen LogP contribution in [-0.4, -0.2) is 12.7 Å². The molecule has 0 saturated heterocycles. The van der Waals surface area contributed by atoms with Crippen LogP contribution in [0.15, 0.2) is 12.7 Å². The van der Waals surface area contributed by atoms with Crippen LogP contribution in [0.2, 0.25) is 0 Å². The molecular weight excluding hydrogens is 268 g/mol. The maximum absolute atomic E-state index is 5.84. The van der Waals surface area contributed by atoms with Crippen LogP contribution in [0.4, 0.5) is 0 Å². The second kappa shape index (κ2) is 9.75. The zero-order valence-electron chi connectivity index (χ0n) is 15.1. The van der Waals surface area contributed by atoms with Gasteiger partial charge >= 0.3 is 0 Å². The van der Waals surface area contributed by atoms with Crippen molar-refractivity contribution in [3.63, 3.8) is 0 Å². The van der Waals surface area contributed by atoms with Gasteiger partial charge in [0.05, 0.1) is 12.7 Å². The first kappa shape index (κ1) is 18.0. The fraction of sp³-hybridized carbons (Fsp3) is 0.905. The van der Waals surface area contributed by atoms with Crippen LogP contribution in [-0.2, 0) is 4.74 Å². The van der Waals surface area contributed by atoms with E-state index in [0.29, 0.717) is 12.7 Å². The summed E-state index contributed by atoms with van der Waals surface area (Å²) in [7, 11) is 0. The molecule has 2 aliphatic rings. The van der Waals surface area contributed by atoms with E-state index < -0.39 is 0 Å². The molecule has 1 atom stereocenters. The number of unbranched alkanes of at least 4 members (excludes halogenated alkanes) is 1. The highest BCUT2D eigenvalue weighted by molar-refractivity contribution is 4.83. The molecule has 0 radical (unpaired) electrons. The minimum absolute atomic E-state index is 0.420. The third kappa shape index (κ3) is 5.41. The number of hydrogen-bond donors (Lipinski definition) is 0. The topological polar surface area (TPSA) is 9.23 Å². The summed E-state index contributed by atoms with van der Waals surface area (Å²) in [4.78, 5) is 0. The van der Waals surface area contributed by atoms with Crippen molar-refractivity contribution >= 4 is 0 Å². The third-order valence-corrected chi connectivity index (χ3v) is 6.48. The van der Waals surface area contributed by atoms with E-state index in [4.69, 9.17) is 4.74 Å². The van der Waals surface area contributed by atoms with E-state index in [-0.39, 0.29) is 0 Å². The van der Waals surface area contributed by atoms with Crippen LogP contribution in [0.5, 0.6) is 0 Å². The minimum Gasteiger partial charge on any atom is -0.374 e. The Balaban J connectivity index is 1.66. The lowest BCUT2D eigenvalue weighted by atomic mass is 9.68. The molecule has 2 aliphatic carbocycles. The zero-order valence-corrected chi connectivity index (χ0v) is 15.1. The van der Waals surface area contributed by atoms with Gasteiger partial charge in [-0.3, -0.25) is 0 Å². The monoisotopic (exact) mass is 306 g/mol. The molecule has 0 aromatic carbocycles. The van der Waals surface area contributed by atoms with Crippen molar-refractivity contribution in [2.45, 2.75) is 90.6 Å². The van der Waals surface area contributed by atoms with Crippen LogP contribution in [0, 0.1) is 23.7 Å². The smallest absolute Gasteiger partial charge is 0.0648 e. The van der Waals surface area contributed by atoms with Crippen molar-refractivity contribution in [2.75, 3.05) is 6.61 Å². The Labute approximate surface area is 138 Å². The Hall–Kier alpha value is -0.300. The van der Waals surface area contributed by atoms with Gasteiger partial charge in [0.25, 0.3) is 0 Å². The molecule has 0 aromatic heterocycles. The van der Waals surface area contributed by atoms with E-state index in [2.05, 4.69) is 20.4 Å². The highest BCUT2D eigenvalue weighted by atomic mass is 16.5. The van der Waals surface area contributed by atoms with Gasteiger partial charge in [-0.05, 0) is 69.1 Å². The molecule has 2 fully saturated rings. The summed E-state index contributed by atoms with van der Waals surface area (Å²) in [6.45, 7) is 9.04. The molecule has 1 unspecified atom stereocenters. The lowest BCUT2D eigenvalue weighted by Gasteiger charge is -2.39. The highest BCUT2D eigenvalue weighted by Gasteiger charge is 2.32. The highest BCUT2D eigenvalue weighted by Crippen LogP contribution is 2.43. The molecule has 1 nitrogen and oxygen atoms in total. The van der Waals surface area contributed by atoms with Gasteiger partial charge in [-0.25, -0.2) is 0 Å². The van der Waals surface area contributed by atoms with Crippen molar-refractivity contribution in [1.82, 2.24) is 0 Å². The molecule has 2 saturated carbocycles. The van der Waals surface area contributed by atoms with Gasteiger partial charge in [0.2, 0.25) is 0 Å². The second-order valence-electron chi connectivity index (χ2n) is 7.93. The van der Waals surface area contributed by atoms with Gasteiger partial charge in [0, 0.05) is 0 Å². The molecule has 0 aliphatic heterocycles. The third-order valence-electron chi connectivity index (χ3n) is 6.48. The van der Waals surface area contributed by atoms with E-state index in [0.717, 1.165) is 23.7 Å². The maximum Gasteiger partial charge on any atom is 0.0648 e. The standard InChI is InChI=1S/C21H38O/c1-4-6-7-18-8-10-20(11-9-18)21-14-12-19(13-15-21)17(3)22-16-5-2/h5,17-21H,2,4,6-16H2,1,3H3. The van der Waals surface area contributed by atoms with E-state index in [1.54, 1.807) is 0 Å². The normalized spacial score (nSPS) is 34.3. The molecule has 0 spiro atoms. The van der Waals surface area contributed by atoms with Crippen LogP contribution in [0.1, 0.15) is 84.5 Å². The van der Waals surface area contributed by atoms with Crippen LogP contribution in [0.25, 0.3) is 0 Å². The predicted octanol–water partition coefficient (Wildman–Crippen LogP) is 6.38. The molecule has 0 heterocycles. The van der Waals surface area contributed by atoms with Gasteiger partial charge < -0.3 is 4.74 Å². The number of hydrogen-bond acceptors (Lipinski definition) is 1. The van der Waals surface area contributed by atoms with E-state index in [9.17, 15) is 0 Å². The van der Waals surface area contributed by atoms with Crippen molar-refractivity contribution < 1.29 is 4.74 Å². The summed E-state index contributed by atoms with van der Waals surface area (Å²) in [5, 5.41) is 0. The maximum atomic E-state index is 5.84. The van der Waals surface area contributed by atoms with E-state index in [1.807, 2.05) is 6.08 Å². The largest absolute Gasteiger partial charge is 0.374 e. The first-order valence-corrected chi connectivity index (χ1v) is 9.97. The van der Waals surface area contributed by atoms with Crippen LogP contribution < -0.4 is 0 Å². The molecule has 0 bridgehead atoms. The van der Waals surface area contributed by atoms with Crippen molar-refractivity contribution in [3.05, 3.63) is 12.7 Å². The van der Waals surface area contributed by atoms with Crippen molar-refractivity contribution in [3.8, 4) is 0 Å². The molecule has 1 heteroatoms. The number of rotatable bonds is 8. The molecular formula is C21H38O. The molecule has 0 aromatic rings. The summed E-state index contributed by atoms with van der Waals surface area (Å²) in [5.41, 5.74) is 0. The predicted molar refractivity (Wildman–Crippen MR) is 96.0 cm³/mol. The summed E-state index contributed by atoms with van der Waals surface area (Å²) in [6, 6.07) is 0. The summed E-state index contributed by atoms with van der Waals surface area (Å²) >= 11 is 0. The quantitative estimate of drug-likeness (QED) is 0.473. The molecule has 0 N–H and O–H groups in total. The lowest BCUT2D eigenvalue weighted by Crippen LogP contribution is -2.30. The summed E-state index contributed by atoms with van der Waals surface area (Å²) in [5.74, 6) is 3.91. The Morgan fingerprint density at radius 3 is 2.14 bits per heavy atom. The van der Waals surface area contributed by atoms with Gasteiger partial charge in [0.1, 0.15) is 0 Å². The molecule has 2 rings (SSSR count). The van der Waals surface area contributed by atoms with E-state index >= 15 is 0 Å². The average Bonchev–Trinajstić information content (AvgIpc) is 2.58. The number of ether oxygens (including phenoxy) is 1. The van der Waals surface area contributed by atoms with E-state index in [1.165, 1.54) is 70.6 Å². The molecule has 128 valence electrons. The summed E-state index contributed by atoms with van der Waals surface area (Å²) < 4.78 is 5.84. The fourth-order valence-electron chi connectivity index (χ4n) is 4.88. The minimum atomic E-state index is 0.420. The van der Waals surface area contributed by atoms with Crippen LogP contribution in [0.3, 0.4) is 0 Å². The lowest BCUT2D eigenvalue weighted by molar-refractivity contribution is 0.0153. The average molecular weight is 307 g/mol. The Morgan fingerprint density at radius 2 is 1.59 bits per heavy atom. The van der Waals surface area contributed by atoms with Crippen molar-refractivity contribution in [2.24, 2.45) is 23.7 Å². The molecule has 0 amide bonds. The fourth-order valence-corrected chi connectivity index (χ4v) is 4.88. The second-order valence-corrected chi connectivity index (χ2v) is 7.93. The van der Waals surface area contributed by atoms with Crippen molar-refractivity contribution in [1.29, 1.82) is 0 Å². The molecule has 22 heavy (non-hydrogen) atoms.